The second-order valence-corrected chi connectivity index (χ2v) is 9.00. The highest BCUT2D eigenvalue weighted by molar-refractivity contribution is 5.73. The molecule has 15 nitrogen and oxygen atoms in total. The van der Waals surface area contributed by atoms with Crippen LogP contribution in [0.5, 0.6) is 0 Å². The van der Waals surface area contributed by atoms with Crippen molar-refractivity contribution in [3.8, 4) is 0 Å². The highest BCUT2D eigenvalue weighted by Crippen LogP contribution is 2.32. The number of aromatic nitrogens is 4. The average molecular weight is 508 g/mol. The van der Waals surface area contributed by atoms with E-state index in [-0.39, 0.29) is 25.9 Å². The Balaban J connectivity index is 1.27. The highest BCUT2D eigenvalue weighted by Gasteiger charge is 2.37. The summed E-state index contributed by atoms with van der Waals surface area (Å²) in [6.07, 6.45) is -0.939. The van der Waals surface area contributed by atoms with E-state index in [0.717, 1.165) is 0 Å². The van der Waals surface area contributed by atoms with Crippen LogP contribution < -0.4 is 33.1 Å². The molecule has 0 radical (unpaired) electrons. The minimum Gasteiger partial charge on any atom is -0.368 e. The Kier molecular flexibility index (Phi) is 7.26. The first-order valence-electron chi connectivity index (χ1n) is 11.4. The van der Waals surface area contributed by atoms with Gasteiger partial charge in [-0.05, 0) is 13.8 Å². The van der Waals surface area contributed by atoms with E-state index in [1.54, 1.807) is 0 Å². The Morgan fingerprint density at radius 2 is 1.25 bits per heavy atom. The van der Waals surface area contributed by atoms with E-state index in [1.165, 1.54) is 35.4 Å². The van der Waals surface area contributed by atoms with E-state index < -0.39 is 65.4 Å². The van der Waals surface area contributed by atoms with E-state index in [4.69, 9.17) is 9.47 Å². The average Bonchev–Trinajstić information content (AvgIpc) is 3.37. The predicted molar refractivity (Wildman–Crippen MR) is 122 cm³/mol. The number of H-pyrrole nitrogens is 2. The predicted octanol–water partition coefficient (Wildman–Crippen LogP) is -2.29. The Bertz CT molecular complexity index is 1260. The number of hydrogen-bond donors (Lipinski definition) is 6. The molecule has 2 saturated heterocycles. The number of nitrogens with one attached hydrogen (secondary N) is 4. The van der Waals surface area contributed by atoms with Crippen molar-refractivity contribution in [2.75, 3.05) is 13.1 Å². The summed E-state index contributed by atoms with van der Waals surface area (Å²) in [6, 6.07) is -0.560. The molecule has 2 fully saturated rings. The first-order chi connectivity index (χ1) is 17.0. The van der Waals surface area contributed by atoms with Crippen LogP contribution in [0.25, 0.3) is 0 Å². The molecule has 15 heteroatoms. The zero-order valence-electron chi connectivity index (χ0n) is 19.6. The maximum absolute atomic E-state index is 12.3. The van der Waals surface area contributed by atoms with Crippen molar-refractivity contribution in [1.82, 2.24) is 29.7 Å². The molecule has 0 saturated carbocycles. The fourth-order valence-corrected chi connectivity index (χ4v) is 4.24. The molecule has 6 atom stereocenters. The second kappa shape index (κ2) is 10.2. The van der Waals surface area contributed by atoms with Gasteiger partial charge in [0, 0.05) is 61.3 Å². The summed E-state index contributed by atoms with van der Waals surface area (Å²) in [5, 5.41) is 25.6. The number of carbonyl (C=O) groups excluding carboxylic acids is 1. The number of aliphatic hydroxyl groups is 2. The largest absolute Gasteiger partial charge is 0.368 e. The number of urea groups is 1. The summed E-state index contributed by atoms with van der Waals surface area (Å²) < 4.78 is 13.2. The molecule has 6 N–H and O–H groups in total. The van der Waals surface area contributed by atoms with Crippen LogP contribution in [0.15, 0.2) is 31.6 Å². The number of rotatable bonds is 6. The van der Waals surface area contributed by atoms with Gasteiger partial charge in [0.15, 0.2) is 12.6 Å². The van der Waals surface area contributed by atoms with Crippen molar-refractivity contribution in [2.45, 2.75) is 51.7 Å². The van der Waals surface area contributed by atoms with Crippen molar-refractivity contribution < 1.29 is 24.5 Å². The molecule has 0 spiro atoms. The van der Waals surface area contributed by atoms with Gasteiger partial charge in [0.25, 0.3) is 11.1 Å². The molecule has 2 aliphatic rings. The van der Waals surface area contributed by atoms with Crippen LogP contribution in [0.3, 0.4) is 0 Å². The molecule has 4 heterocycles. The maximum Gasteiger partial charge on any atom is 0.330 e. The SMILES string of the molecule is Cc1cn([C@@H]2C[C@H](CNC(=O)NC[C@H]3C[C@H](n4cc(C)c(=O)[nH]c4=O)O[C@@H]3O)[C@H](O)O2)c(=O)[nH]c1=O. The van der Waals surface area contributed by atoms with E-state index in [1.807, 2.05) is 0 Å². The van der Waals surface area contributed by atoms with Gasteiger partial charge in [-0.2, -0.15) is 0 Å². The zero-order chi connectivity index (χ0) is 26.1. The van der Waals surface area contributed by atoms with Crippen molar-refractivity contribution in [3.05, 3.63) is 65.2 Å². The maximum atomic E-state index is 12.3. The number of aryl methyl sites for hydroxylation is 2. The van der Waals surface area contributed by atoms with Gasteiger partial charge in [-0.15, -0.1) is 0 Å². The molecule has 2 aromatic rings. The second-order valence-electron chi connectivity index (χ2n) is 9.00. The molecule has 2 aromatic heterocycles. The fraction of sp³-hybridized carbons (Fsp3) is 0.571. The van der Waals surface area contributed by atoms with Gasteiger partial charge >= 0.3 is 17.4 Å². The molecular formula is C21H28N6O9. The van der Waals surface area contributed by atoms with Crippen LogP contribution in [0.4, 0.5) is 4.79 Å². The molecule has 0 unspecified atom stereocenters. The van der Waals surface area contributed by atoms with Gasteiger partial charge < -0.3 is 30.3 Å². The first kappa shape index (κ1) is 25.6. The minimum absolute atomic E-state index is 0.0407. The molecule has 0 aliphatic carbocycles. The van der Waals surface area contributed by atoms with Gasteiger partial charge in [0.05, 0.1) is 0 Å². The lowest BCUT2D eigenvalue weighted by molar-refractivity contribution is -0.127. The summed E-state index contributed by atoms with van der Waals surface area (Å²) >= 11 is 0. The van der Waals surface area contributed by atoms with Crippen LogP contribution in [-0.2, 0) is 9.47 Å². The summed E-state index contributed by atoms with van der Waals surface area (Å²) in [5.41, 5.74) is -1.71. The Morgan fingerprint density at radius 1 is 0.861 bits per heavy atom. The lowest BCUT2D eigenvalue weighted by Gasteiger charge is -2.16. The Morgan fingerprint density at radius 3 is 1.64 bits per heavy atom. The molecule has 0 bridgehead atoms. The summed E-state index contributed by atoms with van der Waals surface area (Å²) in [5.74, 6) is -1.03. The first-order valence-corrected chi connectivity index (χ1v) is 11.4. The number of nitrogens with zero attached hydrogens (tertiary/aromatic N) is 2. The van der Waals surface area contributed by atoms with Crippen molar-refractivity contribution in [1.29, 1.82) is 0 Å². The molecule has 0 aromatic carbocycles. The van der Waals surface area contributed by atoms with Crippen LogP contribution >= 0.6 is 0 Å². The number of aliphatic hydroxyl groups excluding tert-OH is 2. The van der Waals surface area contributed by atoms with Gasteiger partial charge in [-0.3, -0.25) is 28.7 Å². The summed E-state index contributed by atoms with van der Waals surface area (Å²) in [6.45, 7) is 3.16. The lowest BCUT2D eigenvalue weighted by atomic mass is 10.1. The topological polar surface area (TPSA) is 210 Å². The number of amides is 2. The fourth-order valence-electron chi connectivity index (χ4n) is 4.24. The van der Waals surface area contributed by atoms with Crippen molar-refractivity contribution in [2.24, 2.45) is 11.8 Å². The van der Waals surface area contributed by atoms with Crippen LogP contribution in [0, 0.1) is 25.7 Å². The van der Waals surface area contributed by atoms with Gasteiger partial charge in [0.2, 0.25) is 0 Å². The number of ether oxygens (including phenoxy) is 2. The Hall–Kier alpha value is -3.53. The monoisotopic (exact) mass is 508 g/mol. The van der Waals surface area contributed by atoms with Crippen molar-refractivity contribution in [3.63, 3.8) is 0 Å². The molecule has 2 aliphatic heterocycles. The molecule has 36 heavy (non-hydrogen) atoms. The van der Waals surface area contributed by atoms with Gasteiger partial charge in [0.1, 0.15) is 12.5 Å². The van der Waals surface area contributed by atoms with Crippen LogP contribution in [-0.4, -0.2) is 61.0 Å². The number of aromatic amines is 2. The van der Waals surface area contributed by atoms with Gasteiger partial charge in [-0.25, -0.2) is 14.4 Å². The molecule has 4 rings (SSSR count). The molecular weight excluding hydrogens is 480 g/mol. The van der Waals surface area contributed by atoms with E-state index in [0.29, 0.717) is 11.1 Å². The molecule has 2 amide bonds. The van der Waals surface area contributed by atoms with Crippen molar-refractivity contribution >= 4 is 6.03 Å². The summed E-state index contributed by atoms with van der Waals surface area (Å²) in [4.78, 5) is 63.9. The number of hydrogen-bond acceptors (Lipinski definition) is 9. The van der Waals surface area contributed by atoms with Gasteiger partial charge in [-0.1, -0.05) is 0 Å². The highest BCUT2D eigenvalue weighted by atomic mass is 16.6. The van der Waals surface area contributed by atoms with E-state index >= 15 is 0 Å². The third-order valence-electron chi connectivity index (χ3n) is 6.37. The molecule has 196 valence electrons. The Labute approximate surface area is 202 Å². The minimum atomic E-state index is -1.24. The lowest BCUT2D eigenvalue weighted by Crippen LogP contribution is -2.42. The quantitative estimate of drug-likeness (QED) is 0.248. The third-order valence-corrected chi connectivity index (χ3v) is 6.37. The zero-order valence-corrected chi connectivity index (χ0v) is 19.6. The van der Waals surface area contributed by atoms with Crippen LogP contribution in [0.1, 0.15) is 36.4 Å². The van der Waals surface area contributed by atoms with E-state index in [2.05, 4.69) is 20.6 Å². The summed E-state index contributed by atoms with van der Waals surface area (Å²) in [7, 11) is 0. The number of carbonyl (C=O) groups is 1. The third kappa shape index (κ3) is 5.33. The normalized spacial score (nSPS) is 27.8. The van der Waals surface area contributed by atoms with Crippen LogP contribution in [0.2, 0.25) is 0 Å². The standard InChI is InChI=1S/C21H28N6O9/c1-9-7-26(20(33)24-15(9)28)13-3-11(17(30)35-13)5-22-19(32)23-6-12-4-14(36-18(12)31)27-8-10(2)16(29)25-21(27)34/h7-8,11-14,17-18,30-31H,3-6H2,1-2H3,(H2,22,23,32)(H,24,28,33)(H,25,29,34)/t11-,12-,13-,14+,17+,18-/m1/s1. The van der Waals surface area contributed by atoms with E-state index in [9.17, 15) is 34.2 Å². The smallest absolute Gasteiger partial charge is 0.330 e.